The van der Waals surface area contributed by atoms with Crippen LogP contribution in [0.3, 0.4) is 0 Å². The zero-order valence-electron chi connectivity index (χ0n) is 13.9. The molecule has 0 saturated carbocycles. The highest BCUT2D eigenvalue weighted by Crippen LogP contribution is 2.28. The largest absolute Gasteiger partial charge is 0.366 e. The Morgan fingerprint density at radius 1 is 1.29 bits per heavy atom. The van der Waals surface area contributed by atoms with E-state index in [0.29, 0.717) is 6.04 Å². The third-order valence-electron chi connectivity index (χ3n) is 3.99. The van der Waals surface area contributed by atoms with Gasteiger partial charge in [0.1, 0.15) is 0 Å². The van der Waals surface area contributed by atoms with Gasteiger partial charge in [0.15, 0.2) is 0 Å². The number of hydrogen-bond donors (Lipinski definition) is 1. The highest BCUT2D eigenvalue weighted by Gasteiger charge is 2.23. The van der Waals surface area contributed by atoms with Crippen molar-refractivity contribution < 1.29 is 0 Å². The predicted molar refractivity (Wildman–Crippen MR) is 92.3 cm³/mol. The first-order valence-electron chi connectivity index (χ1n) is 7.75. The first-order valence-corrected chi connectivity index (χ1v) is 8.13. The van der Waals surface area contributed by atoms with Gasteiger partial charge < -0.3 is 15.1 Å². The number of hydrogen-bond acceptors (Lipinski definition) is 3. The van der Waals surface area contributed by atoms with Crippen LogP contribution in [0.5, 0.6) is 0 Å². The van der Waals surface area contributed by atoms with Crippen LogP contribution in [0.15, 0.2) is 18.2 Å². The van der Waals surface area contributed by atoms with Gasteiger partial charge in [0.2, 0.25) is 0 Å². The Bertz CT molecular complexity index is 481. The molecule has 1 aliphatic rings. The van der Waals surface area contributed by atoms with Crippen molar-refractivity contribution >= 4 is 17.3 Å². The molecule has 0 amide bonds. The number of benzene rings is 1. The summed E-state index contributed by atoms with van der Waals surface area (Å²) in [5, 5.41) is 4.38. The summed E-state index contributed by atoms with van der Waals surface area (Å²) in [7, 11) is 2.19. The van der Waals surface area contributed by atoms with Crippen molar-refractivity contribution in [2.75, 3.05) is 31.6 Å². The Kier molecular flexibility index (Phi) is 5.18. The van der Waals surface area contributed by atoms with Crippen LogP contribution in [0.25, 0.3) is 0 Å². The minimum atomic E-state index is 0.104. The Morgan fingerprint density at radius 2 is 2.00 bits per heavy atom. The first kappa shape index (κ1) is 16.6. The van der Waals surface area contributed by atoms with E-state index in [1.165, 1.54) is 11.3 Å². The molecule has 0 aliphatic carbocycles. The zero-order valence-corrected chi connectivity index (χ0v) is 14.7. The second kappa shape index (κ2) is 6.55. The highest BCUT2D eigenvalue weighted by atomic mass is 35.5. The summed E-state index contributed by atoms with van der Waals surface area (Å²) in [6.07, 6.45) is 0. The van der Waals surface area contributed by atoms with Crippen molar-refractivity contribution in [3.63, 3.8) is 0 Å². The van der Waals surface area contributed by atoms with E-state index in [0.717, 1.165) is 31.2 Å². The smallest absolute Gasteiger partial charge is 0.0416 e. The third-order valence-corrected chi connectivity index (χ3v) is 4.23. The van der Waals surface area contributed by atoms with Crippen molar-refractivity contribution in [3.8, 4) is 0 Å². The molecular formula is C17H28ClN3. The fraction of sp³-hybridized carbons (Fsp3) is 0.647. The molecule has 2 rings (SSSR count). The van der Waals surface area contributed by atoms with Crippen LogP contribution in [-0.2, 0) is 6.54 Å². The lowest BCUT2D eigenvalue weighted by molar-refractivity contribution is 0.275. The fourth-order valence-corrected chi connectivity index (χ4v) is 3.03. The van der Waals surface area contributed by atoms with Crippen LogP contribution < -0.4 is 10.2 Å². The molecular weight excluding hydrogens is 282 g/mol. The summed E-state index contributed by atoms with van der Waals surface area (Å²) in [5.74, 6) is 0. The van der Waals surface area contributed by atoms with E-state index in [4.69, 9.17) is 11.6 Å². The lowest BCUT2D eigenvalue weighted by Gasteiger charge is -2.41. The van der Waals surface area contributed by atoms with Crippen molar-refractivity contribution in [1.29, 1.82) is 0 Å². The molecule has 0 bridgehead atoms. The number of halogens is 1. The fourth-order valence-electron chi connectivity index (χ4n) is 2.83. The second-order valence-corrected chi connectivity index (χ2v) is 7.62. The van der Waals surface area contributed by atoms with Crippen molar-refractivity contribution in [1.82, 2.24) is 10.2 Å². The lowest BCUT2D eigenvalue weighted by Crippen LogP contribution is -2.51. The van der Waals surface area contributed by atoms with Gasteiger partial charge >= 0.3 is 0 Å². The molecule has 1 fully saturated rings. The van der Waals surface area contributed by atoms with E-state index in [9.17, 15) is 0 Å². The van der Waals surface area contributed by atoms with E-state index >= 15 is 0 Å². The predicted octanol–water partition coefficient (Wildman–Crippen LogP) is 3.37. The average molecular weight is 310 g/mol. The molecule has 1 saturated heterocycles. The number of nitrogens with zero attached hydrogens (tertiary/aromatic N) is 2. The van der Waals surface area contributed by atoms with E-state index in [-0.39, 0.29) is 5.54 Å². The zero-order chi connectivity index (χ0) is 15.6. The minimum absolute atomic E-state index is 0.104. The molecule has 4 heteroatoms. The number of nitrogens with one attached hydrogen (secondary N) is 1. The normalized spacial score (nSPS) is 20.9. The van der Waals surface area contributed by atoms with Crippen molar-refractivity contribution in [2.24, 2.45) is 0 Å². The summed E-state index contributed by atoms with van der Waals surface area (Å²) in [6, 6.07) is 6.80. The lowest BCUT2D eigenvalue weighted by atomic mass is 10.1. The quantitative estimate of drug-likeness (QED) is 0.923. The Morgan fingerprint density at radius 3 is 2.62 bits per heavy atom. The summed E-state index contributed by atoms with van der Waals surface area (Å²) in [6.45, 7) is 13.0. The van der Waals surface area contributed by atoms with Gasteiger partial charge in [-0.05, 0) is 58.5 Å². The van der Waals surface area contributed by atoms with Gasteiger partial charge in [0.25, 0.3) is 0 Å². The van der Waals surface area contributed by atoms with Gasteiger partial charge in [-0.25, -0.2) is 0 Å². The molecule has 3 nitrogen and oxygen atoms in total. The summed E-state index contributed by atoms with van der Waals surface area (Å²) >= 11 is 6.21. The minimum Gasteiger partial charge on any atom is -0.366 e. The van der Waals surface area contributed by atoms with Gasteiger partial charge in [-0.1, -0.05) is 11.6 Å². The molecule has 0 radical (unpaired) electrons. The third kappa shape index (κ3) is 4.60. The maximum atomic E-state index is 6.21. The van der Waals surface area contributed by atoms with Crippen LogP contribution in [0, 0.1) is 0 Å². The SMILES string of the molecule is CC1CN(C)CCN1c1ccc(Cl)cc1CNC(C)(C)C. The van der Waals surface area contributed by atoms with E-state index in [1.807, 2.05) is 6.07 Å². The van der Waals surface area contributed by atoms with Crippen LogP contribution >= 0.6 is 11.6 Å². The highest BCUT2D eigenvalue weighted by molar-refractivity contribution is 6.30. The maximum Gasteiger partial charge on any atom is 0.0416 e. The molecule has 0 spiro atoms. The Hall–Kier alpha value is -0.770. The number of rotatable bonds is 3. The molecule has 1 N–H and O–H groups in total. The Balaban J connectivity index is 2.22. The van der Waals surface area contributed by atoms with Crippen molar-refractivity contribution in [3.05, 3.63) is 28.8 Å². The summed E-state index contributed by atoms with van der Waals surface area (Å²) < 4.78 is 0. The molecule has 1 aromatic carbocycles. The Labute approximate surface area is 134 Å². The van der Waals surface area contributed by atoms with Crippen LogP contribution in [0.2, 0.25) is 5.02 Å². The van der Waals surface area contributed by atoms with Gasteiger partial charge in [-0.15, -0.1) is 0 Å². The molecule has 1 aromatic rings. The van der Waals surface area contributed by atoms with E-state index < -0.39 is 0 Å². The monoisotopic (exact) mass is 309 g/mol. The summed E-state index contributed by atoms with van der Waals surface area (Å²) in [4.78, 5) is 4.90. The molecule has 21 heavy (non-hydrogen) atoms. The molecule has 1 aliphatic heterocycles. The second-order valence-electron chi connectivity index (χ2n) is 7.18. The standard InChI is InChI=1S/C17H28ClN3/c1-13-12-20(5)8-9-21(13)16-7-6-15(18)10-14(16)11-19-17(2,3)4/h6-7,10,13,19H,8-9,11-12H2,1-5H3. The van der Waals surface area contributed by atoms with Crippen LogP contribution in [0.4, 0.5) is 5.69 Å². The summed E-state index contributed by atoms with van der Waals surface area (Å²) in [5.41, 5.74) is 2.71. The number of likely N-dealkylation sites (N-methyl/N-ethyl adjacent to an activating group) is 1. The van der Waals surface area contributed by atoms with Crippen molar-refractivity contribution in [2.45, 2.75) is 45.8 Å². The van der Waals surface area contributed by atoms with E-state index in [1.54, 1.807) is 0 Å². The topological polar surface area (TPSA) is 18.5 Å². The number of piperazine rings is 1. The molecule has 1 unspecified atom stereocenters. The maximum absolute atomic E-state index is 6.21. The molecule has 1 heterocycles. The number of anilines is 1. The molecule has 118 valence electrons. The van der Waals surface area contributed by atoms with Gasteiger partial charge in [0, 0.05) is 48.5 Å². The first-order chi connectivity index (χ1) is 9.76. The molecule has 1 atom stereocenters. The average Bonchev–Trinajstić information content (AvgIpc) is 2.36. The van der Waals surface area contributed by atoms with E-state index in [2.05, 4.69) is 62.0 Å². The molecule has 0 aromatic heterocycles. The van der Waals surface area contributed by atoms with Crippen LogP contribution in [0.1, 0.15) is 33.3 Å². The van der Waals surface area contributed by atoms with Gasteiger partial charge in [-0.3, -0.25) is 0 Å². The van der Waals surface area contributed by atoms with Crippen LogP contribution in [-0.4, -0.2) is 43.2 Å². The van der Waals surface area contributed by atoms with Gasteiger partial charge in [0.05, 0.1) is 0 Å². The van der Waals surface area contributed by atoms with Gasteiger partial charge in [-0.2, -0.15) is 0 Å².